The third-order valence-corrected chi connectivity index (χ3v) is 5.76. The van der Waals surface area contributed by atoms with Gasteiger partial charge in [-0.25, -0.2) is 4.98 Å². The van der Waals surface area contributed by atoms with Crippen LogP contribution in [-0.4, -0.2) is 21.6 Å². The predicted molar refractivity (Wildman–Crippen MR) is 90.9 cm³/mol. The molecule has 0 bridgehead atoms. The topological polar surface area (TPSA) is 61.2 Å². The molecule has 2 atom stereocenters. The Bertz CT molecular complexity index is 793. The van der Waals surface area contributed by atoms with Crippen LogP contribution >= 0.6 is 11.3 Å². The first-order valence-electron chi connectivity index (χ1n) is 8.10. The summed E-state index contributed by atoms with van der Waals surface area (Å²) in [6.07, 6.45) is 5.57. The second-order valence-electron chi connectivity index (χ2n) is 6.52. The number of carbonyl (C=O) groups is 1. The SMILES string of the molecule is Cc1sc2ncn(CC(=O)O[C@@H]3CCC[C@@H](C)C3)c(=O)c2c1C. The van der Waals surface area contributed by atoms with E-state index in [-0.39, 0.29) is 24.2 Å². The largest absolute Gasteiger partial charge is 0.461 e. The van der Waals surface area contributed by atoms with Crippen LogP contribution in [0.5, 0.6) is 0 Å². The highest BCUT2D eigenvalue weighted by Gasteiger charge is 2.22. The van der Waals surface area contributed by atoms with Crippen molar-refractivity contribution in [1.82, 2.24) is 9.55 Å². The van der Waals surface area contributed by atoms with Crippen LogP contribution in [0.3, 0.4) is 0 Å². The third kappa shape index (κ3) is 3.32. The standard InChI is InChI=1S/C17H22N2O3S/c1-10-5-4-6-13(7-10)22-14(20)8-19-9-18-16-15(17(19)21)11(2)12(3)23-16/h9-10,13H,4-8H2,1-3H3/t10-,13-/m1/s1. The van der Waals surface area contributed by atoms with Crippen molar-refractivity contribution in [2.45, 2.75) is 59.1 Å². The summed E-state index contributed by atoms with van der Waals surface area (Å²) in [4.78, 5) is 30.8. The molecule has 0 spiro atoms. The van der Waals surface area contributed by atoms with Crippen LogP contribution in [0.2, 0.25) is 0 Å². The lowest BCUT2D eigenvalue weighted by Crippen LogP contribution is -2.30. The number of thiophene rings is 1. The van der Waals surface area contributed by atoms with Crippen LogP contribution in [0.4, 0.5) is 0 Å². The van der Waals surface area contributed by atoms with Gasteiger partial charge in [-0.1, -0.05) is 13.3 Å². The second-order valence-corrected chi connectivity index (χ2v) is 7.73. The molecule has 0 radical (unpaired) electrons. The third-order valence-electron chi connectivity index (χ3n) is 4.64. The van der Waals surface area contributed by atoms with Crippen molar-refractivity contribution in [3.05, 3.63) is 27.1 Å². The Kier molecular flexibility index (Phi) is 4.53. The van der Waals surface area contributed by atoms with E-state index in [1.165, 1.54) is 28.7 Å². The Morgan fingerprint density at radius 1 is 1.43 bits per heavy atom. The zero-order valence-electron chi connectivity index (χ0n) is 13.8. The number of aromatic nitrogens is 2. The van der Waals surface area contributed by atoms with Crippen molar-refractivity contribution >= 4 is 27.5 Å². The summed E-state index contributed by atoms with van der Waals surface area (Å²) >= 11 is 1.51. The number of nitrogens with zero attached hydrogens (tertiary/aromatic N) is 2. The van der Waals surface area contributed by atoms with Crippen LogP contribution in [0.25, 0.3) is 10.2 Å². The fraction of sp³-hybridized carbons (Fsp3) is 0.588. The number of hydrogen-bond donors (Lipinski definition) is 0. The van der Waals surface area contributed by atoms with E-state index in [9.17, 15) is 9.59 Å². The first-order chi connectivity index (χ1) is 11.0. The van der Waals surface area contributed by atoms with Gasteiger partial charge in [0, 0.05) is 4.88 Å². The van der Waals surface area contributed by atoms with Gasteiger partial charge in [0.1, 0.15) is 17.5 Å². The smallest absolute Gasteiger partial charge is 0.326 e. The predicted octanol–water partition coefficient (Wildman–Crippen LogP) is 3.20. The molecule has 1 aliphatic carbocycles. The molecule has 0 unspecified atom stereocenters. The Labute approximate surface area is 139 Å². The molecule has 124 valence electrons. The number of rotatable bonds is 3. The maximum Gasteiger partial charge on any atom is 0.326 e. The van der Waals surface area contributed by atoms with Crippen LogP contribution in [-0.2, 0) is 16.1 Å². The minimum atomic E-state index is -0.350. The number of aryl methyl sites for hydroxylation is 2. The van der Waals surface area contributed by atoms with Gasteiger partial charge in [-0.2, -0.15) is 0 Å². The maximum atomic E-state index is 12.6. The average Bonchev–Trinajstić information content (AvgIpc) is 2.78. The summed E-state index contributed by atoms with van der Waals surface area (Å²) in [5, 5.41) is 0.620. The normalized spacial score (nSPS) is 21.5. The second kappa shape index (κ2) is 6.43. The molecule has 5 nitrogen and oxygen atoms in total. The summed E-state index contributed by atoms with van der Waals surface area (Å²) in [6.45, 7) is 6.01. The van der Waals surface area contributed by atoms with Gasteiger partial charge in [0.25, 0.3) is 5.56 Å². The molecular weight excluding hydrogens is 312 g/mol. The van der Waals surface area contributed by atoms with Crippen molar-refractivity contribution in [3.8, 4) is 0 Å². The quantitative estimate of drug-likeness (QED) is 0.809. The Hall–Kier alpha value is -1.69. The lowest BCUT2D eigenvalue weighted by molar-refractivity contribution is -0.152. The van der Waals surface area contributed by atoms with Gasteiger partial charge < -0.3 is 4.74 Å². The number of fused-ring (bicyclic) bond motifs is 1. The number of carbonyl (C=O) groups excluding carboxylic acids is 1. The van der Waals surface area contributed by atoms with Gasteiger partial charge >= 0.3 is 5.97 Å². The summed E-state index contributed by atoms with van der Waals surface area (Å²) in [7, 11) is 0. The average molecular weight is 334 g/mol. The Balaban J connectivity index is 1.76. The van der Waals surface area contributed by atoms with Crippen LogP contribution in [0, 0.1) is 19.8 Å². The summed E-state index contributed by atoms with van der Waals surface area (Å²) in [5.41, 5.74) is 0.789. The number of ether oxygens (including phenoxy) is 1. The lowest BCUT2D eigenvalue weighted by Gasteiger charge is -2.26. The zero-order chi connectivity index (χ0) is 16.6. The molecule has 23 heavy (non-hydrogen) atoms. The fourth-order valence-corrected chi connectivity index (χ4v) is 4.22. The monoisotopic (exact) mass is 334 g/mol. The van der Waals surface area contributed by atoms with Gasteiger partial charge in [-0.05, 0) is 44.6 Å². The van der Waals surface area contributed by atoms with Crippen molar-refractivity contribution < 1.29 is 9.53 Å². The van der Waals surface area contributed by atoms with Crippen molar-refractivity contribution in [2.75, 3.05) is 0 Å². The first kappa shape index (κ1) is 16.2. The van der Waals surface area contributed by atoms with E-state index >= 15 is 0 Å². The number of hydrogen-bond acceptors (Lipinski definition) is 5. The number of esters is 1. The van der Waals surface area contributed by atoms with Gasteiger partial charge in [-0.15, -0.1) is 11.3 Å². The van der Waals surface area contributed by atoms with E-state index in [0.717, 1.165) is 34.5 Å². The molecule has 0 saturated heterocycles. The molecule has 0 amide bonds. The first-order valence-corrected chi connectivity index (χ1v) is 8.92. The fourth-order valence-electron chi connectivity index (χ4n) is 3.23. The molecular formula is C17H22N2O3S. The van der Waals surface area contributed by atoms with E-state index in [4.69, 9.17) is 4.74 Å². The minimum Gasteiger partial charge on any atom is -0.461 e. The van der Waals surface area contributed by atoms with Crippen molar-refractivity contribution in [3.63, 3.8) is 0 Å². The molecule has 0 aromatic carbocycles. The zero-order valence-corrected chi connectivity index (χ0v) is 14.6. The van der Waals surface area contributed by atoms with Crippen LogP contribution < -0.4 is 5.56 Å². The maximum absolute atomic E-state index is 12.6. The van der Waals surface area contributed by atoms with Crippen molar-refractivity contribution in [2.24, 2.45) is 5.92 Å². The highest BCUT2D eigenvalue weighted by molar-refractivity contribution is 7.18. The molecule has 0 N–H and O–H groups in total. The minimum absolute atomic E-state index is 0.0104. The van der Waals surface area contributed by atoms with Gasteiger partial charge in [0.05, 0.1) is 11.7 Å². The van der Waals surface area contributed by atoms with E-state index < -0.39 is 0 Å². The van der Waals surface area contributed by atoms with Crippen LogP contribution in [0.15, 0.2) is 11.1 Å². The van der Waals surface area contributed by atoms with Gasteiger partial charge in [0.15, 0.2) is 0 Å². The van der Waals surface area contributed by atoms with E-state index in [0.29, 0.717) is 11.3 Å². The summed E-state index contributed by atoms with van der Waals surface area (Å²) in [5.74, 6) is 0.246. The van der Waals surface area contributed by atoms with E-state index in [1.54, 1.807) is 0 Å². The van der Waals surface area contributed by atoms with E-state index in [2.05, 4.69) is 11.9 Å². The lowest BCUT2D eigenvalue weighted by atomic mass is 9.89. The molecule has 0 aliphatic heterocycles. The molecule has 3 rings (SSSR count). The highest BCUT2D eigenvalue weighted by Crippen LogP contribution is 2.26. The molecule has 1 saturated carbocycles. The highest BCUT2D eigenvalue weighted by atomic mass is 32.1. The Morgan fingerprint density at radius 3 is 2.96 bits per heavy atom. The van der Waals surface area contributed by atoms with Gasteiger partial charge in [0.2, 0.25) is 0 Å². The molecule has 1 aliphatic rings. The molecule has 2 aromatic heterocycles. The molecule has 2 heterocycles. The Morgan fingerprint density at radius 2 is 2.22 bits per heavy atom. The van der Waals surface area contributed by atoms with E-state index in [1.807, 2.05) is 13.8 Å². The molecule has 1 fully saturated rings. The van der Waals surface area contributed by atoms with Gasteiger partial charge in [-0.3, -0.25) is 14.2 Å². The molecule has 2 aromatic rings. The molecule has 6 heteroatoms. The summed E-state index contributed by atoms with van der Waals surface area (Å²) < 4.78 is 6.90. The van der Waals surface area contributed by atoms with Crippen LogP contribution in [0.1, 0.15) is 43.0 Å². The van der Waals surface area contributed by atoms with Crippen molar-refractivity contribution in [1.29, 1.82) is 0 Å². The summed E-state index contributed by atoms with van der Waals surface area (Å²) in [6, 6.07) is 0.